The van der Waals surface area contributed by atoms with Gasteiger partial charge in [-0.05, 0) is 19.8 Å². The molecule has 0 saturated heterocycles. The lowest BCUT2D eigenvalue weighted by molar-refractivity contribution is -0.163. The van der Waals surface area contributed by atoms with Crippen molar-refractivity contribution in [2.24, 2.45) is 5.41 Å². The van der Waals surface area contributed by atoms with Gasteiger partial charge in [0.1, 0.15) is 6.61 Å². The summed E-state index contributed by atoms with van der Waals surface area (Å²) >= 11 is 0. The molecule has 0 aliphatic heterocycles. The van der Waals surface area contributed by atoms with Crippen molar-refractivity contribution in [1.29, 1.82) is 0 Å². The molecule has 0 atom stereocenters. The zero-order valence-electron chi connectivity index (χ0n) is 11.1. The molecule has 0 N–H and O–H groups in total. The van der Waals surface area contributed by atoms with E-state index in [9.17, 15) is 9.59 Å². The van der Waals surface area contributed by atoms with Crippen LogP contribution in [0.4, 0.5) is 0 Å². The maximum absolute atomic E-state index is 11.9. The Kier molecular flexibility index (Phi) is 7.54. The first kappa shape index (κ1) is 15.9. The summed E-state index contributed by atoms with van der Waals surface area (Å²) in [6.45, 7) is 5.95. The van der Waals surface area contributed by atoms with Gasteiger partial charge in [0.25, 0.3) is 0 Å². The lowest BCUT2D eigenvalue weighted by Crippen LogP contribution is -2.37. The van der Waals surface area contributed by atoms with Gasteiger partial charge in [0, 0.05) is 0 Å². The molecule has 0 aromatic heterocycles. The zero-order chi connectivity index (χ0) is 13.3. The first-order valence-corrected chi connectivity index (χ1v) is 5.88. The quantitative estimate of drug-likeness (QED) is 0.608. The Morgan fingerprint density at radius 1 is 1.12 bits per heavy atom. The molecule has 0 aliphatic rings. The molecule has 0 amide bonds. The van der Waals surface area contributed by atoms with E-state index in [1.54, 1.807) is 6.92 Å². The molecule has 100 valence electrons. The van der Waals surface area contributed by atoms with Gasteiger partial charge >= 0.3 is 11.9 Å². The van der Waals surface area contributed by atoms with Crippen molar-refractivity contribution in [3.63, 3.8) is 0 Å². The molecule has 0 saturated carbocycles. The normalized spacial score (nSPS) is 11.1. The van der Waals surface area contributed by atoms with Crippen LogP contribution in [0, 0.1) is 5.41 Å². The van der Waals surface area contributed by atoms with Crippen LogP contribution in [0.25, 0.3) is 0 Å². The zero-order valence-corrected chi connectivity index (χ0v) is 11.1. The number of carbonyl (C=O) groups is 2. The molecule has 0 bridgehead atoms. The summed E-state index contributed by atoms with van der Waals surface area (Å²) < 4.78 is 14.7. The minimum atomic E-state index is -0.663. The highest BCUT2D eigenvalue weighted by molar-refractivity contribution is 5.77. The SMILES string of the molecule is CCOC(=O)C(CC)(CC)COCC(=O)OC. The molecular weight excluding hydrogens is 224 g/mol. The lowest BCUT2D eigenvalue weighted by atomic mass is 9.83. The van der Waals surface area contributed by atoms with Crippen LogP contribution >= 0.6 is 0 Å². The molecule has 0 fully saturated rings. The highest BCUT2D eigenvalue weighted by Crippen LogP contribution is 2.28. The Morgan fingerprint density at radius 3 is 2.12 bits per heavy atom. The van der Waals surface area contributed by atoms with Crippen LogP contribution < -0.4 is 0 Å². The Hall–Kier alpha value is -1.10. The van der Waals surface area contributed by atoms with E-state index in [-0.39, 0.29) is 19.2 Å². The van der Waals surface area contributed by atoms with Crippen molar-refractivity contribution in [3.05, 3.63) is 0 Å². The van der Waals surface area contributed by atoms with Crippen molar-refractivity contribution in [2.75, 3.05) is 26.9 Å². The molecule has 0 radical (unpaired) electrons. The number of ether oxygens (including phenoxy) is 3. The summed E-state index contributed by atoms with van der Waals surface area (Å²) in [5.41, 5.74) is -0.663. The molecule has 0 rings (SSSR count). The van der Waals surface area contributed by atoms with Gasteiger partial charge in [0.2, 0.25) is 0 Å². The van der Waals surface area contributed by atoms with Gasteiger partial charge in [0.15, 0.2) is 0 Å². The molecule has 17 heavy (non-hydrogen) atoms. The van der Waals surface area contributed by atoms with E-state index in [4.69, 9.17) is 9.47 Å². The third kappa shape index (κ3) is 4.73. The summed E-state index contributed by atoms with van der Waals surface area (Å²) in [5.74, 6) is -0.718. The maximum Gasteiger partial charge on any atom is 0.331 e. The van der Waals surface area contributed by atoms with Crippen LogP contribution in [0.1, 0.15) is 33.6 Å². The Morgan fingerprint density at radius 2 is 1.71 bits per heavy atom. The van der Waals surface area contributed by atoms with Gasteiger partial charge in [-0.15, -0.1) is 0 Å². The Bertz CT molecular complexity index is 245. The summed E-state index contributed by atoms with van der Waals surface area (Å²) in [4.78, 5) is 22.8. The molecule has 0 heterocycles. The number of esters is 2. The van der Waals surface area contributed by atoms with Gasteiger partial charge in [-0.2, -0.15) is 0 Å². The first-order chi connectivity index (χ1) is 8.06. The Labute approximate surface area is 102 Å². The summed E-state index contributed by atoms with van der Waals surface area (Å²) in [6, 6.07) is 0. The summed E-state index contributed by atoms with van der Waals surface area (Å²) in [7, 11) is 1.30. The van der Waals surface area contributed by atoms with E-state index in [1.807, 2.05) is 13.8 Å². The standard InChI is InChI=1S/C12H22O5/c1-5-12(6-2,11(14)17-7-3)9-16-8-10(13)15-4/h5-9H2,1-4H3. The second-order valence-corrected chi connectivity index (χ2v) is 3.78. The predicted octanol–water partition coefficient (Wildman–Crippen LogP) is 1.55. The molecular formula is C12H22O5. The second-order valence-electron chi connectivity index (χ2n) is 3.78. The topological polar surface area (TPSA) is 61.8 Å². The minimum Gasteiger partial charge on any atom is -0.467 e. The molecule has 0 spiro atoms. The number of hydrogen-bond donors (Lipinski definition) is 0. The predicted molar refractivity (Wildman–Crippen MR) is 62.5 cm³/mol. The van der Waals surface area contributed by atoms with E-state index in [0.717, 1.165) is 0 Å². The maximum atomic E-state index is 11.9. The molecule has 0 aromatic carbocycles. The average Bonchev–Trinajstić information content (AvgIpc) is 2.35. The first-order valence-electron chi connectivity index (χ1n) is 5.88. The number of rotatable bonds is 8. The van der Waals surface area contributed by atoms with E-state index >= 15 is 0 Å². The van der Waals surface area contributed by atoms with Gasteiger partial charge in [0.05, 0.1) is 25.7 Å². The van der Waals surface area contributed by atoms with E-state index in [0.29, 0.717) is 19.4 Å². The number of hydrogen-bond acceptors (Lipinski definition) is 5. The molecule has 5 nitrogen and oxygen atoms in total. The average molecular weight is 246 g/mol. The monoisotopic (exact) mass is 246 g/mol. The van der Waals surface area contributed by atoms with Crippen LogP contribution in [0.2, 0.25) is 0 Å². The summed E-state index contributed by atoms with van der Waals surface area (Å²) in [5, 5.41) is 0. The highest BCUT2D eigenvalue weighted by Gasteiger charge is 2.36. The van der Waals surface area contributed by atoms with Gasteiger partial charge in [-0.25, -0.2) is 4.79 Å². The largest absolute Gasteiger partial charge is 0.467 e. The van der Waals surface area contributed by atoms with Crippen molar-refractivity contribution in [1.82, 2.24) is 0 Å². The molecule has 5 heteroatoms. The van der Waals surface area contributed by atoms with E-state index < -0.39 is 11.4 Å². The number of carbonyl (C=O) groups excluding carboxylic acids is 2. The fraction of sp³-hybridized carbons (Fsp3) is 0.833. The van der Waals surface area contributed by atoms with Crippen molar-refractivity contribution in [2.45, 2.75) is 33.6 Å². The third-order valence-corrected chi connectivity index (χ3v) is 2.89. The lowest BCUT2D eigenvalue weighted by Gasteiger charge is -2.28. The van der Waals surface area contributed by atoms with E-state index in [1.165, 1.54) is 7.11 Å². The minimum absolute atomic E-state index is 0.141. The second kappa shape index (κ2) is 8.06. The Balaban J connectivity index is 4.40. The molecule has 0 unspecified atom stereocenters. The van der Waals surface area contributed by atoms with Crippen LogP contribution in [0.15, 0.2) is 0 Å². The van der Waals surface area contributed by atoms with Crippen LogP contribution in [-0.4, -0.2) is 38.9 Å². The van der Waals surface area contributed by atoms with E-state index in [2.05, 4.69) is 4.74 Å². The molecule has 0 aromatic rings. The van der Waals surface area contributed by atoms with Crippen molar-refractivity contribution < 1.29 is 23.8 Å². The van der Waals surface area contributed by atoms with Crippen molar-refractivity contribution >= 4 is 11.9 Å². The van der Waals surface area contributed by atoms with Gasteiger partial charge in [-0.3, -0.25) is 4.79 Å². The fourth-order valence-electron chi connectivity index (χ4n) is 1.47. The third-order valence-electron chi connectivity index (χ3n) is 2.89. The summed E-state index contributed by atoms with van der Waals surface area (Å²) in [6.07, 6.45) is 1.23. The van der Waals surface area contributed by atoms with Crippen molar-refractivity contribution in [3.8, 4) is 0 Å². The number of methoxy groups -OCH3 is 1. The van der Waals surface area contributed by atoms with Crippen LogP contribution in [-0.2, 0) is 23.8 Å². The highest BCUT2D eigenvalue weighted by atomic mass is 16.6. The van der Waals surface area contributed by atoms with Gasteiger partial charge in [-0.1, -0.05) is 13.8 Å². The smallest absolute Gasteiger partial charge is 0.331 e. The van der Waals surface area contributed by atoms with Crippen LogP contribution in [0.3, 0.4) is 0 Å². The van der Waals surface area contributed by atoms with Gasteiger partial charge < -0.3 is 14.2 Å². The van der Waals surface area contributed by atoms with Crippen LogP contribution in [0.5, 0.6) is 0 Å². The fourth-order valence-corrected chi connectivity index (χ4v) is 1.47. The molecule has 0 aliphatic carbocycles.